The number of hydrogen-bond donors (Lipinski definition) is 3. The summed E-state index contributed by atoms with van der Waals surface area (Å²) in [6, 6.07) is 8.60. The smallest absolute Gasteiger partial charge is 0.323 e. The monoisotopic (exact) mass is 816 g/mol. The number of ether oxygens (including phenoxy) is 1. The van der Waals surface area contributed by atoms with Gasteiger partial charge >= 0.3 is 6.03 Å². The van der Waals surface area contributed by atoms with E-state index in [1.807, 2.05) is 35.7 Å². The van der Waals surface area contributed by atoms with Gasteiger partial charge in [-0.2, -0.15) is 10.1 Å². The second kappa shape index (κ2) is 17.1. The summed E-state index contributed by atoms with van der Waals surface area (Å²) in [5.74, 6) is 0.191. The molecule has 1 aromatic carbocycles. The topological polar surface area (TPSA) is 205 Å². The van der Waals surface area contributed by atoms with Crippen LogP contribution in [0.15, 0.2) is 53.4 Å². The number of carbonyl (C=O) groups is 4. The number of amides is 5. The lowest BCUT2D eigenvalue weighted by Crippen LogP contribution is -2.52. The first-order chi connectivity index (χ1) is 29.3. The van der Waals surface area contributed by atoms with E-state index < -0.39 is 18.0 Å². The Morgan fingerprint density at radius 3 is 2.65 bits per heavy atom. The number of rotatable bonds is 13. The summed E-state index contributed by atoms with van der Waals surface area (Å²) in [6.07, 6.45) is 11.9. The van der Waals surface area contributed by atoms with Crippen LogP contribution in [0, 0.1) is 6.92 Å². The van der Waals surface area contributed by atoms with Crippen LogP contribution in [0.2, 0.25) is 0 Å². The molecule has 312 valence electrons. The largest absolute Gasteiger partial charge is 0.372 e. The summed E-state index contributed by atoms with van der Waals surface area (Å²) >= 11 is 0. The van der Waals surface area contributed by atoms with Crippen molar-refractivity contribution in [1.82, 2.24) is 44.8 Å². The van der Waals surface area contributed by atoms with E-state index in [0.29, 0.717) is 59.8 Å². The number of pyridine rings is 1. The third-order valence-corrected chi connectivity index (χ3v) is 11.9. The van der Waals surface area contributed by atoms with Crippen molar-refractivity contribution in [3.05, 3.63) is 77.2 Å². The molecule has 1 aliphatic carbocycles. The number of benzene rings is 1. The molecule has 5 aromatic rings. The highest BCUT2D eigenvalue weighted by molar-refractivity contribution is 6.05. The Balaban J connectivity index is 0.689. The Kier molecular flexibility index (Phi) is 11.2. The Morgan fingerprint density at radius 1 is 0.983 bits per heavy atom. The van der Waals surface area contributed by atoms with Gasteiger partial charge in [-0.15, -0.1) is 0 Å². The number of carbonyl (C=O) groups excluding carboxylic acids is 4. The number of unbranched alkanes of at least 4 members (excludes halogenated alkanes) is 1. The van der Waals surface area contributed by atoms with Gasteiger partial charge in [0.25, 0.3) is 11.8 Å². The molecule has 4 aromatic heterocycles. The third kappa shape index (κ3) is 8.29. The van der Waals surface area contributed by atoms with Gasteiger partial charge in [-0.3, -0.25) is 29.6 Å². The Morgan fingerprint density at radius 2 is 1.83 bits per heavy atom. The molecule has 3 N–H and O–H groups in total. The molecule has 4 aliphatic rings. The van der Waals surface area contributed by atoms with Crippen molar-refractivity contribution in [2.45, 2.75) is 83.4 Å². The fourth-order valence-electron chi connectivity index (χ4n) is 8.84. The number of piperidine rings is 1. The maximum atomic E-state index is 13.1. The second-order valence-corrected chi connectivity index (χ2v) is 15.9. The zero-order valence-electron chi connectivity index (χ0n) is 33.6. The van der Waals surface area contributed by atoms with Gasteiger partial charge in [-0.05, 0) is 81.0 Å². The second-order valence-electron chi connectivity index (χ2n) is 15.9. The Labute approximate surface area is 346 Å². The first kappa shape index (κ1) is 39.2. The molecule has 3 fully saturated rings. The number of urea groups is 1. The summed E-state index contributed by atoms with van der Waals surface area (Å²) in [5.41, 5.74) is 6.86. The molecule has 1 saturated carbocycles. The summed E-state index contributed by atoms with van der Waals surface area (Å²) < 4.78 is 13.1. The van der Waals surface area contributed by atoms with Crippen LogP contribution in [0.4, 0.5) is 21.9 Å². The summed E-state index contributed by atoms with van der Waals surface area (Å²) in [4.78, 5) is 70.1. The van der Waals surface area contributed by atoms with Crippen LogP contribution in [0.1, 0.15) is 90.4 Å². The first-order valence-electron chi connectivity index (χ1n) is 20.8. The van der Waals surface area contributed by atoms with Gasteiger partial charge in [0.05, 0.1) is 35.7 Å². The number of anilines is 3. The minimum Gasteiger partial charge on any atom is -0.372 e. The number of piperazine rings is 1. The summed E-state index contributed by atoms with van der Waals surface area (Å²) in [6.45, 7) is 7.62. The third-order valence-electron chi connectivity index (χ3n) is 11.9. The van der Waals surface area contributed by atoms with E-state index in [1.54, 1.807) is 23.5 Å². The number of imide groups is 1. The van der Waals surface area contributed by atoms with Crippen molar-refractivity contribution in [3.63, 3.8) is 0 Å². The van der Waals surface area contributed by atoms with Crippen molar-refractivity contribution >= 4 is 46.5 Å². The normalized spacial score (nSPS) is 18.7. The molecule has 60 heavy (non-hydrogen) atoms. The lowest BCUT2D eigenvalue weighted by atomic mass is 10.0. The van der Waals surface area contributed by atoms with E-state index in [-0.39, 0.29) is 24.8 Å². The van der Waals surface area contributed by atoms with E-state index in [4.69, 9.17) is 9.26 Å². The van der Waals surface area contributed by atoms with Crippen molar-refractivity contribution in [3.8, 4) is 11.5 Å². The van der Waals surface area contributed by atoms with Gasteiger partial charge in [0.1, 0.15) is 18.3 Å². The fourth-order valence-corrected chi connectivity index (χ4v) is 8.84. The van der Waals surface area contributed by atoms with Crippen molar-refractivity contribution in [2.24, 2.45) is 0 Å². The molecule has 18 nitrogen and oxygen atoms in total. The fraction of sp³-hybridized carbons (Fsp3) is 0.452. The predicted octanol–water partition coefficient (Wildman–Crippen LogP) is 4.66. The van der Waals surface area contributed by atoms with E-state index in [0.717, 1.165) is 99.4 Å². The number of nitrogens with zero attached hydrogens (tertiary/aromatic N) is 9. The van der Waals surface area contributed by atoms with Gasteiger partial charge in [0.15, 0.2) is 5.65 Å². The molecule has 2 saturated heterocycles. The number of hydrogen-bond acceptors (Lipinski definition) is 13. The SMILES string of the molecule is Cc1cc(NC(=O)Nc2cnc3ccnn3c2C2CCCC2)cnc1-c1noc(COCCCCN2CCN(c3ccc4c(c3)CN(C3CCC(=O)NC3=O)C4=O)CC2)n1. The molecule has 0 radical (unpaired) electrons. The molecule has 0 spiro atoms. The van der Waals surface area contributed by atoms with Crippen LogP contribution in [0.3, 0.4) is 0 Å². The van der Waals surface area contributed by atoms with Crippen molar-refractivity contribution < 1.29 is 28.4 Å². The summed E-state index contributed by atoms with van der Waals surface area (Å²) in [5, 5.41) is 16.8. The molecular weight excluding hydrogens is 769 g/mol. The predicted molar refractivity (Wildman–Crippen MR) is 219 cm³/mol. The standard InChI is InChI=1S/C42H48N12O6/c1-26-20-29(46-42(58)47-32-23-43-34-12-13-45-54(34)38(32)27-6-2-3-7-27)22-44-37(26)39-49-36(60-50-39)25-59-19-5-4-14-51-15-17-52(18-16-51)30-8-9-31-28(21-30)24-53(41(31)57)33-10-11-35(55)48-40(33)56/h8-9,12-13,20-23,27,33H,2-7,10-11,14-19,24-25H2,1H3,(H2,46,47,58)(H,48,55,56). The van der Waals surface area contributed by atoms with E-state index in [1.165, 1.54) is 0 Å². The summed E-state index contributed by atoms with van der Waals surface area (Å²) in [7, 11) is 0. The minimum absolute atomic E-state index is 0.152. The maximum absolute atomic E-state index is 13.1. The van der Waals surface area contributed by atoms with Gasteiger partial charge < -0.3 is 29.7 Å². The lowest BCUT2D eigenvalue weighted by Gasteiger charge is -2.36. The number of aryl methyl sites for hydroxylation is 1. The van der Waals surface area contributed by atoms with E-state index in [2.05, 4.69) is 57.0 Å². The molecular formula is C42H48N12O6. The zero-order chi connectivity index (χ0) is 41.2. The highest BCUT2D eigenvalue weighted by Crippen LogP contribution is 2.38. The first-order valence-corrected chi connectivity index (χ1v) is 20.8. The van der Waals surface area contributed by atoms with Crippen molar-refractivity contribution in [1.29, 1.82) is 0 Å². The molecule has 0 bridgehead atoms. The number of aromatic nitrogens is 6. The number of nitrogens with one attached hydrogen (secondary N) is 3. The van der Waals surface area contributed by atoms with Crippen molar-refractivity contribution in [2.75, 3.05) is 54.9 Å². The quantitative estimate of drug-likeness (QED) is 0.109. The molecule has 3 aliphatic heterocycles. The average Bonchev–Trinajstić information content (AvgIpc) is 4.08. The van der Waals surface area contributed by atoms with Gasteiger partial charge in [0.2, 0.25) is 17.6 Å². The number of fused-ring (bicyclic) bond motifs is 2. The highest BCUT2D eigenvalue weighted by atomic mass is 16.5. The van der Waals surface area contributed by atoms with Crippen LogP contribution in [0.25, 0.3) is 17.2 Å². The highest BCUT2D eigenvalue weighted by Gasteiger charge is 2.39. The average molecular weight is 817 g/mol. The molecule has 18 heteroatoms. The Hall–Kier alpha value is -6.27. The molecule has 5 amide bonds. The zero-order valence-corrected chi connectivity index (χ0v) is 33.6. The van der Waals surface area contributed by atoms with Gasteiger partial charge in [-0.25, -0.2) is 14.3 Å². The van der Waals surface area contributed by atoms with Gasteiger partial charge in [-0.1, -0.05) is 18.0 Å². The maximum Gasteiger partial charge on any atom is 0.323 e. The minimum atomic E-state index is -0.611. The van der Waals surface area contributed by atoms with Crippen LogP contribution >= 0.6 is 0 Å². The van der Waals surface area contributed by atoms with Crippen LogP contribution in [0.5, 0.6) is 0 Å². The molecule has 9 rings (SSSR count). The molecule has 1 unspecified atom stereocenters. The van der Waals surface area contributed by atoms with Crippen LogP contribution in [-0.4, -0.2) is 109 Å². The van der Waals surface area contributed by atoms with Crippen LogP contribution < -0.4 is 20.9 Å². The molecule has 1 atom stereocenters. The lowest BCUT2D eigenvalue weighted by molar-refractivity contribution is -0.136. The van der Waals surface area contributed by atoms with Gasteiger partial charge in [0, 0.05) is 69.0 Å². The van der Waals surface area contributed by atoms with Crippen LogP contribution in [-0.2, 0) is 27.5 Å². The Bertz CT molecular complexity index is 2420. The van der Waals surface area contributed by atoms with E-state index in [9.17, 15) is 19.2 Å². The molecule has 7 heterocycles. The van der Waals surface area contributed by atoms with E-state index >= 15 is 0 Å².